The third kappa shape index (κ3) is 7.14. The maximum Gasteiger partial charge on any atom is 0.303 e. The lowest BCUT2D eigenvalue weighted by molar-refractivity contribution is -0.288. The van der Waals surface area contributed by atoms with E-state index in [4.69, 9.17) is 34.2 Å². The fourth-order valence-electron chi connectivity index (χ4n) is 2.96. The first-order chi connectivity index (χ1) is 14.6. The normalized spacial score (nSPS) is 25.1. The van der Waals surface area contributed by atoms with Crippen LogP contribution in [0.1, 0.15) is 27.7 Å². The summed E-state index contributed by atoms with van der Waals surface area (Å²) < 4.78 is 32.6. The number of nitrogens with two attached hydrogens (primary N) is 1. The first-order valence-corrected chi connectivity index (χ1v) is 9.39. The van der Waals surface area contributed by atoms with Crippen molar-refractivity contribution in [2.24, 2.45) is 0 Å². The Bertz CT molecular complexity index is 809. The number of carbonyl (C=O) groups excluding carboxylic acids is 4. The minimum Gasteiger partial charge on any atom is -0.463 e. The van der Waals surface area contributed by atoms with Crippen LogP contribution >= 0.6 is 0 Å². The van der Waals surface area contributed by atoms with E-state index in [2.05, 4.69) is 0 Å². The molecule has 11 nitrogen and oxygen atoms in total. The molecule has 1 saturated heterocycles. The van der Waals surface area contributed by atoms with E-state index < -0.39 is 54.6 Å². The van der Waals surface area contributed by atoms with Crippen LogP contribution in [-0.4, -0.2) is 61.2 Å². The molecule has 3 unspecified atom stereocenters. The molecule has 1 aliphatic rings. The van der Waals surface area contributed by atoms with Crippen molar-refractivity contribution in [1.82, 2.24) is 0 Å². The van der Waals surface area contributed by atoms with Gasteiger partial charge in [-0.15, -0.1) is 0 Å². The molecule has 11 heteroatoms. The fourth-order valence-corrected chi connectivity index (χ4v) is 2.96. The van der Waals surface area contributed by atoms with Crippen LogP contribution in [0.25, 0.3) is 0 Å². The van der Waals surface area contributed by atoms with Crippen molar-refractivity contribution >= 4 is 29.6 Å². The second kappa shape index (κ2) is 10.6. The van der Waals surface area contributed by atoms with Gasteiger partial charge in [0.15, 0.2) is 12.2 Å². The molecule has 0 saturated carbocycles. The highest BCUT2D eigenvalue weighted by Gasteiger charge is 2.53. The molecule has 0 aliphatic carbocycles. The smallest absolute Gasteiger partial charge is 0.303 e. The Balaban J connectivity index is 2.43. The van der Waals surface area contributed by atoms with E-state index in [1.54, 1.807) is 24.3 Å². The van der Waals surface area contributed by atoms with Gasteiger partial charge < -0.3 is 34.2 Å². The predicted molar refractivity (Wildman–Crippen MR) is 103 cm³/mol. The zero-order valence-corrected chi connectivity index (χ0v) is 17.6. The standard InChI is InChI=1S/C20H25NO10/c1-10(22)26-9-16-17(27-11(2)23)18(28-12(3)24)19(29-13(4)25)20(31-16)30-15-7-5-14(21)6-8-15/h5-8,16-20H,9,21H2,1-4H3/t16?,17-,18?,19?,20+/m1/s1. The summed E-state index contributed by atoms with van der Waals surface area (Å²) in [5.41, 5.74) is 6.17. The Morgan fingerprint density at radius 1 is 0.806 bits per heavy atom. The molecule has 0 radical (unpaired) electrons. The molecule has 1 heterocycles. The number of anilines is 1. The number of esters is 4. The van der Waals surface area contributed by atoms with E-state index in [1.807, 2.05) is 0 Å². The minimum atomic E-state index is -1.29. The van der Waals surface area contributed by atoms with E-state index in [-0.39, 0.29) is 6.61 Å². The van der Waals surface area contributed by atoms with Crippen molar-refractivity contribution in [1.29, 1.82) is 0 Å². The summed E-state index contributed by atoms with van der Waals surface area (Å²) in [5.74, 6) is -2.43. The largest absolute Gasteiger partial charge is 0.463 e. The lowest BCUT2D eigenvalue weighted by Gasteiger charge is -2.43. The maximum atomic E-state index is 11.8. The fraction of sp³-hybridized carbons (Fsp3) is 0.500. The maximum absolute atomic E-state index is 11.8. The molecule has 5 atom stereocenters. The van der Waals surface area contributed by atoms with Gasteiger partial charge in [-0.3, -0.25) is 19.2 Å². The first-order valence-electron chi connectivity index (χ1n) is 9.39. The Labute approximate surface area is 178 Å². The average Bonchev–Trinajstić information content (AvgIpc) is 2.65. The number of hydrogen-bond donors (Lipinski definition) is 1. The molecule has 0 aromatic heterocycles. The zero-order valence-electron chi connectivity index (χ0n) is 17.6. The van der Waals surface area contributed by atoms with Crippen LogP contribution in [0.2, 0.25) is 0 Å². The molecule has 1 aliphatic heterocycles. The van der Waals surface area contributed by atoms with E-state index in [9.17, 15) is 19.2 Å². The molecule has 0 bridgehead atoms. The Morgan fingerprint density at radius 3 is 1.84 bits per heavy atom. The number of hydrogen-bond acceptors (Lipinski definition) is 11. The molecule has 2 rings (SSSR count). The monoisotopic (exact) mass is 439 g/mol. The first kappa shape index (κ1) is 23.9. The summed E-state index contributed by atoms with van der Waals surface area (Å²) in [6.07, 6.45) is -6.20. The van der Waals surface area contributed by atoms with Crippen LogP contribution in [0.15, 0.2) is 24.3 Å². The summed E-state index contributed by atoms with van der Waals surface area (Å²) in [5, 5.41) is 0. The van der Waals surface area contributed by atoms with Crippen LogP contribution < -0.4 is 10.5 Å². The van der Waals surface area contributed by atoms with Crippen molar-refractivity contribution in [3.8, 4) is 5.75 Å². The highest BCUT2D eigenvalue weighted by molar-refractivity contribution is 5.68. The molecule has 1 aromatic carbocycles. The van der Waals surface area contributed by atoms with Gasteiger partial charge in [-0.1, -0.05) is 0 Å². The molecular formula is C20H25NO10. The SMILES string of the molecule is CC(=O)OCC1O[C@H](Oc2ccc(N)cc2)C(OC(C)=O)C(OC(C)=O)[C@@H]1OC(C)=O. The van der Waals surface area contributed by atoms with Crippen LogP contribution in [-0.2, 0) is 42.9 Å². The molecule has 170 valence electrons. The van der Waals surface area contributed by atoms with E-state index in [0.717, 1.165) is 20.8 Å². The van der Waals surface area contributed by atoms with Crippen molar-refractivity contribution < 1.29 is 47.6 Å². The molecule has 31 heavy (non-hydrogen) atoms. The number of nitrogen functional groups attached to an aromatic ring is 1. The van der Waals surface area contributed by atoms with Crippen LogP contribution in [0, 0.1) is 0 Å². The molecule has 1 aromatic rings. The summed E-state index contributed by atoms with van der Waals surface area (Å²) in [6.45, 7) is 4.29. The number of carbonyl (C=O) groups is 4. The van der Waals surface area contributed by atoms with E-state index in [0.29, 0.717) is 11.4 Å². The van der Waals surface area contributed by atoms with Gasteiger partial charge in [0.1, 0.15) is 18.5 Å². The van der Waals surface area contributed by atoms with Gasteiger partial charge in [0, 0.05) is 33.4 Å². The third-order valence-electron chi connectivity index (χ3n) is 4.08. The van der Waals surface area contributed by atoms with E-state index in [1.165, 1.54) is 6.92 Å². The van der Waals surface area contributed by atoms with Crippen LogP contribution in [0.3, 0.4) is 0 Å². The number of rotatable bonds is 7. The number of benzene rings is 1. The quantitative estimate of drug-likeness (QED) is 0.364. The molecule has 0 amide bonds. The predicted octanol–water partition coefficient (Wildman–Crippen LogP) is 0.731. The topological polar surface area (TPSA) is 150 Å². The summed E-state index contributed by atoms with van der Waals surface area (Å²) in [6, 6.07) is 6.29. The highest BCUT2D eigenvalue weighted by Crippen LogP contribution is 2.31. The van der Waals surface area contributed by atoms with Gasteiger partial charge in [-0.05, 0) is 24.3 Å². The molecular weight excluding hydrogens is 414 g/mol. The average molecular weight is 439 g/mol. The molecule has 2 N–H and O–H groups in total. The number of ether oxygens (including phenoxy) is 6. The van der Waals surface area contributed by atoms with Crippen molar-refractivity contribution in [2.45, 2.75) is 58.4 Å². The van der Waals surface area contributed by atoms with Gasteiger partial charge in [0.25, 0.3) is 0 Å². The molecule has 0 spiro atoms. The van der Waals surface area contributed by atoms with Crippen molar-refractivity contribution in [3.05, 3.63) is 24.3 Å². The van der Waals surface area contributed by atoms with Crippen molar-refractivity contribution in [3.63, 3.8) is 0 Å². The second-order valence-electron chi connectivity index (χ2n) is 6.75. The van der Waals surface area contributed by atoms with Gasteiger partial charge in [-0.25, -0.2) is 0 Å². The summed E-state index contributed by atoms with van der Waals surface area (Å²) >= 11 is 0. The van der Waals surface area contributed by atoms with Crippen molar-refractivity contribution in [2.75, 3.05) is 12.3 Å². The Hall–Kier alpha value is -3.34. The summed E-state index contributed by atoms with van der Waals surface area (Å²) in [7, 11) is 0. The zero-order chi connectivity index (χ0) is 23.1. The van der Waals surface area contributed by atoms with Gasteiger partial charge >= 0.3 is 23.9 Å². The highest BCUT2D eigenvalue weighted by atomic mass is 16.7. The lowest BCUT2D eigenvalue weighted by atomic mass is 9.98. The van der Waals surface area contributed by atoms with Gasteiger partial charge in [0.05, 0.1) is 0 Å². The lowest BCUT2D eigenvalue weighted by Crippen LogP contribution is -2.63. The van der Waals surface area contributed by atoms with Gasteiger partial charge in [-0.2, -0.15) is 0 Å². The second-order valence-corrected chi connectivity index (χ2v) is 6.75. The summed E-state index contributed by atoms with van der Waals surface area (Å²) in [4.78, 5) is 46.5. The minimum absolute atomic E-state index is 0.315. The van der Waals surface area contributed by atoms with Gasteiger partial charge in [0.2, 0.25) is 12.4 Å². The molecule has 1 fully saturated rings. The Morgan fingerprint density at radius 2 is 1.32 bits per heavy atom. The van der Waals surface area contributed by atoms with Crippen LogP contribution in [0.4, 0.5) is 5.69 Å². The van der Waals surface area contributed by atoms with E-state index >= 15 is 0 Å². The Kier molecular flexibility index (Phi) is 8.20. The van der Waals surface area contributed by atoms with Crippen LogP contribution in [0.5, 0.6) is 5.75 Å². The third-order valence-corrected chi connectivity index (χ3v) is 4.08.